The van der Waals surface area contributed by atoms with Crippen molar-refractivity contribution in [2.75, 3.05) is 4.90 Å². The maximum atomic E-state index is 7.11. The Balaban J connectivity index is 1.07. The molecule has 4 nitrogen and oxygen atoms in total. The molecule has 12 rings (SSSR count). The summed E-state index contributed by atoms with van der Waals surface area (Å²) < 4.78 is 20.5. The van der Waals surface area contributed by atoms with E-state index >= 15 is 0 Å². The summed E-state index contributed by atoms with van der Waals surface area (Å²) in [6.07, 6.45) is 0. The number of furan rings is 1. The average Bonchev–Trinajstić information content (AvgIpc) is 3.84. The molecule has 0 saturated heterocycles. The van der Waals surface area contributed by atoms with E-state index in [2.05, 4.69) is 150 Å². The van der Waals surface area contributed by atoms with E-state index in [0.29, 0.717) is 23.0 Å². The molecule has 0 bridgehead atoms. The summed E-state index contributed by atoms with van der Waals surface area (Å²) >= 11 is 0. The van der Waals surface area contributed by atoms with E-state index in [1.165, 1.54) is 38.9 Å². The lowest BCUT2D eigenvalue weighted by molar-refractivity contribution is 0.360. The smallest absolute Gasteiger partial charge is 0.194 e. The Morgan fingerprint density at radius 2 is 0.981 bits per heavy atom. The first-order valence-electron chi connectivity index (χ1n) is 18.0. The maximum Gasteiger partial charge on any atom is 0.194 e. The van der Waals surface area contributed by atoms with Gasteiger partial charge in [0, 0.05) is 16.5 Å². The number of benzene rings is 8. The van der Waals surface area contributed by atoms with Crippen molar-refractivity contribution in [2.45, 2.75) is 5.41 Å². The van der Waals surface area contributed by atoms with Crippen molar-refractivity contribution in [3.63, 3.8) is 0 Å². The topological polar surface area (TPSA) is 34.8 Å². The second kappa shape index (κ2) is 10.5. The molecule has 8 aromatic carbocycles. The van der Waals surface area contributed by atoms with E-state index in [9.17, 15) is 0 Å². The second-order valence-corrected chi connectivity index (χ2v) is 14.0. The Morgan fingerprint density at radius 1 is 0.396 bits per heavy atom. The molecule has 2 heterocycles. The third-order valence-corrected chi connectivity index (χ3v) is 11.3. The molecular weight excluding hydrogens is 651 g/mol. The first kappa shape index (κ1) is 28.6. The predicted molar refractivity (Wildman–Crippen MR) is 211 cm³/mol. The summed E-state index contributed by atoms with van der Waals surface area (Å²) in [6.45, 7) is 0. The quantitative estimate of drug-likeness (QED) is 0.186. The van der Waals surface area contributed by atoms with Crippen LogP contribution >= 0.6 is 0 Å². The van der Waals surface area contributed by atoms with Crippen molar-refractivity contribution in [1.82, 2.24) is 0 Å². The van der Waals surface area contributed by atoms with Gasteiger partial charge in [-0.2, -0.15) is 0 Å². The highest BCUT2D eigenvalue weighted by Gasteiger charge is 2.52. The molecule has 9 aromatic rings. The van der Waals surface area contributed by atoms with Crippen LogP contribution in [0.4, 0.5) is 17.1 Å². The van der Waals surface area contributed by atoms with Gasteiger partial charge in [-0.1, -0.05) is 127 Å². The molecule has 1 aliphatic heterocycles. The van der Waals surface area contributed by atoms with Crippen molar-refractivity contribution in [1.29, 1.82) is 0 Å². The van der Waals surface area contributed by atoms with Crippen LogP contribution in [0.1, 0.15) is 22.3 Å². The van der Waals surface area contributed by atoms with Crippen molar-refractivity contribution in [3.8, 4) is 45.3 Å². The zero-order valence-electron chi connectivity index (χ0n) is 28.4. The van der Waals surface area contributed by atoms with Gasteiger partial charge in [-0.05, 0) is 93.0 Å². The number of anilines is 3. The van der Waals surface area contributed by atoms with Gasteiger partial charge in [-0.3, -0.25) is 0 Å². The van der Waals surface area contributed by atoms with Crippen molar-refractivity contribution >= 4 is 39.0 Å². The van der Waals surface area contributed by atoms with Crippen LogP contribution in [0.5, 0.6) is 23.0 Å². The van der Waals surface area contributed by atoms with E-state index in [0.717, 1.165) is 44.6 Å². The van der Waals surface area contributed by atoms with Crippen molar-refractivity contribution in [3.05, 3.63) is 198 Å². The summed E-state index contributed by atoms with van der Waals surface area (Å²) in [7, 11) is 0. The molecule has 0 N–H and O–H groups in total. The molecule has 1 spiro atoms. The number of ether oxygens (including phenoxy) is 2. The number of nitrogens with zero attached hydrogens (tertiary/aromatic N) is 1. The van der Waals surface area contributed by atoms with Crippen molar-refractivity contribution < 1.29 is 13.9 Å². The first-order valence-corrected chi connectivity index (χ1v) is 18.0. The summed E-state index contributed by atoms with van der Waals surface area (Å²) in [4.78, 5) is 2.21. The number of hydrogen-bond donors (Lipinski definition) is 0. The third-order valence-electron chi connectivity index (χ3n) is 11.3. The van der Waals surface area contributed by atoms with Crippen LogP contribution in [0.15, 0.2) is 180 Å². The zero-order chi connectivity index (χ0) is 34.7. The number of hydrogen-bond acceptors (Lipinski definition) is 4. The summed E-state index contributed by atoms with van der Waals surface area (Å²) in [6, 6.07) is 61.9. The average molecular weight is 680 g/mol. The van der Waals surface area contributed by atoms with Crippen LogP contribution in [0.3, 0.4) is 0 Å². The van der Waals surface area contributed by atoms with Crippen molar-refractivity contribution in [2.24, 2.45) is 0 Å². The van der Waals surface area contributed by atoms with Crippen LogP contribution in [-0.4, -0.2) is 0 Å². The second-order valence-electron chi connectivity index (χ2n) is 14.0. The monoisotopic (exact) mass is 679 g/mol. The molecule has 0 radical (unpaired) electrons. The SMILES string of the molecule is c1ccc(N(c2cccc3c2Oc2cc4c(cc2O3)-c2ccccc2C42c3ccccc3-c3ccccc32)c2cccc3c2oc2ccccc23)cc1. The zero-order valence-corrected chi connectivity index (χ0v) is 28.4. The molecule has 0 saturated carbocycles. The molecule has 0 fully saturated rings. The van der Waals surface area contributed by atoms with Crippen LogP contribution in [0.25, 0.3) is 44.2 Å². The lowest BCUT2D eigenvalue weighted by Crippen LogP contribution is -2.25. The molecule has 0 atom stereocenters. The maximum absolute atomic E-state index is 7.11. The lowest BCUT2D eigenvalue weighted by atomic mass is 9.70. The van der Waals surface area contributed by atoms with Crippen LogP contribution in [0.2, 0.25) is 0 Å². The van der Waals surface area contributed by atoms with Gasteiger partial charge in [0.25, 0.3) is 0 Å². The predicted octanol–water partition coefficient (Wildman–Crippen LogP) is 13.3. The fourth-order valence-corrected chi connectivity index (χ4v) is 9.24. The molecular formula is C49H29NO3. The molecule has 0 amide bonds. The van der Waals surface area contributed by atoms with Gasteiger partial charge in [0.2, 0.25) is 0 Å². The largest absolute Gasteiger partial charge is 0.454 e. The number of para-hydroxylation sites is 4. The Labute approximate surface area is 305 Å². The minimum atomic E-state index is -0.482. The van der Waals surface area contributed by atoms with Gasteiger partial charge in [0.15, 0.2) is 28.6 Å². The minimum absolute atomic E-state index is 0.482. The highest BCUT2D eigenvalue weighted by atomic mass is 16.6. The van der Waals surface area contributed by atoms with E-state index < -0.39 is 5.41 Å². The normalized spacial score (nSPS) is 13.7. The van der Waals surface area contributed by atoms with Crippen LogP contribution in [-0.2, 0) is 5.41 Å². The Bertz CT molecular complexity index is 2930. The number of fused-ring (bicyclic) bond motifs is 15. The van der Waals surface area contributed by atoms with Crippen LogP contribution in [0, 0.1) is 0 Å². The van der Waals surface area contributed by atoms with Crippen LogP contribution < -0.4 is 14.4 Å². The van der Waals surface area contributed by atoms with Gasteiger partial charge in [-0.25, -0.2) is 0 Å². The Kier molecular flexibility index (Phi) is 5.67. The van der Waals surface area contributed by atoms with E-state index in [1.807, 2.05) is 30.3 Å². The highest BCUT2D eigenvalue weighted by molar-refractivity contribution is 6.10. The summed E-state index contributed by atoms with van der Waals surface area (Å²) in [5, 5.41) is 2.14. The molecule has 2 aliphatic carbocycles. The fourth-order valence-electron chi connectivity index (χ4n) is 9.24. The molecule has 0 unspecified atom stereocenters. The third kappa shape index (κ3) is 3.74. The summed E-state index contributed by atoms with van der Waals surface area (Å²) in [5.74, 6) is 2.69. The van der Waals surface area contributed by atoms with E-state index in [4.69, 9.17) is 13.9 Å². The fraction of sp³-hybridized carbons (Fsp3) is 0.0204. The highest BCUT2D eigenvalue weighted by Crippen LogP contribution is 2.65. The Hall–Kier alpha value is -7.04. The Morgan fingerprint density at radius 3 is 1.74 bits per heavy atom. The molecule has 4 heteroatoms. The molecule has 3 aliphatic rings. The standard InChI is InChI=1S/C49H29NO3/c1-2-14-30(15-3-1)50(41-24-12-20-35-34-19-7-11-26-43(34)52-47(35)41)42-25-13-27-44-48(42)53-46-29-40-36(28-45(46)51-44)33-18-6-10-23-39(33)49(40)37-21-8-4-16-31(37)32-17-5-9-22-38(32)49/h1-29H. The van der Waals surface area contributed by atoms with Gasteiger partial charge >= 0.3 is 0 Å². The number of rotatable bonds is 3. The molecule has 1 aromatic heterocycles. The summed E-state index contributed by atoms with van der Waals surface area (Å²) in [5.41, 5.74) is 13.9. The first-order chi connectivity index (χ1) is 26.3. The van der Waals surface area contributed by atoms with E-state index in [1.54, 1.807) is 0 Å². The van der Waals surface area contributed by atoms with Gasteiger partial charge in [0.1, 0.15) is 5.58 Å². The van der Waals surface area contributed by atoms with Gasteiger partial charge in [0.05, 0.1) is 16.8 Å². The van der Waals surface area contributed by atoms with Gasteiger partial charge < -0.3 is 18.8 Å². The molecule has 248 valence electrons. The van der Waals surface area contributed by atoms with Gasteiger partial charge in [-0.15, -0.1) is 0 Å². The lowest BCUT2D eigenvalue weighted by Gasteiger charge is -2.32. The van der Waals surface area contributed by atoms with E-state index in [-0.39, 0.29) is 0 Å². The molecule has 53 heavy (non-hydrogen) atoms. The minimum Gasteiger partial charge on any atom is -0.454 e.